The van der Waals surface area contributed by atoms with Crippen LogP contribution in [-0.2, 0) is 19.2 Å². The van der Waals surface area contributed by atoms with E-state index in [1.54, 1.807) is 0 Å². The third-order valence-corrected chi connectivity index (χ3v) is 6.26. The van der Waals surface area contributed by atoms with Gasteiger partial charge in [0.05, 0.1) is 0 Å². The molecule has 3 rings (SSSR count). The van der Waals surface area contributed by atoms with Gasteiger partial charge in [-0.2, -0.15) is 74.6 Å². The first kappa shape index (κ1) is 39.6. The summed E-state index contributed by atoms with van der Waals surface area (Å²) >= 11 is 0. The van der Waals surface area contributed by atoms with Crippen LogP contribution in [0.5, 0.6) is 5.75 Å². The molecule has 1 aromatic carbocycles. The molecule has 1 aromatic rings. The number of hydrogen-bond donors (Lipinski definition) is 0. The molecule has 27 heteroatoms. The predicted molar refractivity (Wildman–Crippen MR) is 115 cm³/mol. The number of halogens is 20. The van der Waals surface area contributed by atoms with Crippen molar-refractivity contribution in [1.82, 2.24) is 0 Å². The van der Waals surface area contributed by atoms with E-state index in [0.717, 1.165) is 0 Å². The van der Waals surface area contributed by atoms with Crippen LogP contribution in [-0.4, -0.2) is 65.3 Å². The van der Waals surface area contributed by atoms with E-state index in [0.29, 0.717) is 0 Å². The molecule has 2 aliphatic rings. The molecule has 2 heterocycles. The van der Waals surface area contributed by atoms with Crippen molar-refractivity contribution in [2.45, 2.75) is 41.7 Å². The molecule has 0 aromatic heterocycles. The lowest BCUT2D eigenvalue weighted by atomic mass is 9.91. The zero-order valence-corrected chi connectivity index (χ0v) is 22.3. The van der Waals surface area contributed by atoms with Crippen molar-refractivity contribution in [2.24, 2.45) is 0 Å². The van der Waals surface area contributed by atoms with Gasteiger partial charge in [0, 0.05) is 24.3 Å². The summed E-state index contributed by atoms with van der Waals surface area (Å²) in [4.78, 5) is 46.1. The van der Waals surface area contributed by atoms with Crippen molar-refractivity contribution in [3.63, 3.8) is 0 Å². The Bertz CT molecular complexity index is 1740. The number of imide groups is 2. The van der Waals surface area contributed by atoms with E-state index in [1.807, 2.05) is 0 Å². The maximum Gasteiger partial charge on any atom is 0.460 e. The Labute approximate surface area is 258 Å². The average molecular weight is 768 g/mol. The van der Waals surface area contributed by atoms with Crippen molar-refractivity contribution in [3.8, 4) is 5.75 Å². The van der Waals surface area contributed by atoms with Crippen LogP contribution in [0.3, 0.4) is 0 Å². The highest BCUT2D eigenvalue weighted by Gasteiger charge is 2.94. The Hall–Kier alpha value is -4.88. The van der Waals surface area contributed by atoms with Crippen molar-refractivity contribution >= 4 is 35.0 Å². The summed E-state index contributed by atoms with van der Waals surface area (Å²) in [5.41, 5.74) is -4.91. The molecule has 0 fully saturated rings. The SMILES string of the molecule is O=C1C=CC(=O)N1c1c(F)c(F)c(N2C(=O)C=CC2=O)c(OC(F)=C(F)C(F)(F)C(F)(F)C(F)(F)C(F)(F)C(F)(F)C(F)(F)C(F)(F)F)c1F. The maximum atomic E-state index is 15.4. The third kappa shape index (κ3) is 5.21. The van der Waals surface area contributed by atoms with Gasteiger partial charge in [0.15, 0.2) is 23.2 Å². The summed E-state index contributed by atoms with van der Waals surface area (Å²) < 4.78 is 279. The largest absolute Gasteiger partial charge is 0.460 e. The van der Waals surface area contributed by atoms with E-state index < -0.39 is 122 Å². The van der Waals surface area contributed by atoms with Crippen LogP contribution in [0, 0.1) is 17.5 Å². The van der Waals surface area contributed by atoms with E-state index in [-0.39, 0.29) is 24.3 Å². The molecule has 50 heavy (non-hydrogen) atoms. The Morgan fingerprint density at radius 2 is 0.800 bits per heavy atom. The van der Waals surface area contributed by atoms with Crippen LogP contribution in [0.15, 0.2) is 36.1 Å². The molecule has 7 nitrogen and oxygen atoms in total. The van der Waals surface area contributed by atoms with E-state index in [4.69, 9.17) is 0 Å². The number of hydrogen-bond acceptors (Lipinski definition) is 5. The minimum absolute atomic E-state index is 0.106. The van der Waals surface area contributed by atoms with Crippen molar-refractivity contribution in [1.29, 1.82) is 0 Å². The number of carbonyl (C=O) groups is 4. The smallest absolute Gasteiger partial charge is 0.424 e. The van der Waals surface area contributed by atoms with Crippen molar-refractivity contribution in [3.05, 3.63) is 53.6 Å². The monoisotopic (exact) mass is 768 g/mol. The van der Waals surface area contributed by atoms with E-state index >= 15 is 8.78 Å². The number of ether oxygens (including phenoxy) is 1. The summed E-state index contributed by atoms with van der Waals surface area (Å²) in [5, 5.41) is 0. The highest BCUT2D eigenvalue weighted by Crippen LogP contribution is 2.63. The molecular formula is C23H4F20N2O5. The Kier molecular flexibility index (Phi) is 9.17. The van der Waals surface area contributed by atoms with Crippen molar-refractivity contribution < 1.29 is 112 Å². The zero-order chi connectivity index (χ0) is 39.1. The number of rotatable bonds is 10. The number of anilines is 2. The first-order valence-corrected chi connectivity index (χ1v) is 11.7. The topological polar surface area (TPSA) is 84.0 Å². The molecule has 4 amide bonds. The highest BCUT2D eigenvalue weighted by atomic mass is 19.4. The quantitative estimate of drug-likeness (QED) is 0.113. The minimum atomic E-state index is -8.95. The van der Waals surface area contributed by atoms with Gasteiger partial charge >= 0.3 is 47.7 Å². The van der Waals surface area contributed by atoms with Gasteiger partial charge in [0.1, 0.15) is 11.4 Å². The number of nitrogens with zero attached hydrogens (tertiary/aromatic N) is 2. The van der Waals surface area contributed by atoms with Gasteiger partial charge in [-0.15, -0.1) is 0 Å². The molecule has 0 saturated carbocycles. The number of amides is 4. The zero-order valence-electron chi connectivity index (χ0n) is 22.3. The van der Waals surface area contributed by atoms with Gasteiger partial charge in [-0.1, -0.05) is 0 Å². The van der Waals surface area contributed by atoms with Crippen LogP contribution < -0.4 is 14.5 Å². The first-order valence-electron chi connectivity index (χ1n) is 11.7. The van der Waals surface area contributed by atoms with Crippen LogP contribution in [0.4, 0.5) is 99.2 Å². The lowest BCUT2D eigenvalue weighted by molar-refractivity contribution is -0.451. The first-order chi connectivity index (χ1) is 22.3. The Balaban J connectivity index is 2.28. The fraction of sp³-hybridized carbons (Fsp3) is 0.304. The number of benzene rings is 1. The molecule has 0 N–H and O–H groups in total. The van der Waals surface area contributed by atoms with Crippen LogP contribution in [0.2, 0.25) is 0 Å². The van der Waals surface area contributed by atoms with Crippen LogP contribution in [0.1, 0.15) is 0 Å². The molecule has 0 atom stereocenters. The second-order valence-corrected chi connectivity index (χ2v) is 9.29. The Morgan fingerprint density at radius 1 is 0.480 bits per heavy atom. The normalized spacial score (nSPS) is 17.4. The van der Waals surface area contributed by atoms with Gasteiger partial charge in [-0.25, -0.2) is 23.0 Å². The maximum absolute atomic E-state index is 15.4. The third-order valence-electron chi connectivity index (χ3n) is 6.26. The lowest BCUT2D eigenvalue weighted by Gasteiger charge is -2.41. The molecule has 2 aliphatic heterocycles. The fourth-order valence-electron chi connectivity index (χ4n) is 3.71. The number of carbonyl (C=O) groups excluding carboxylic acids is 4. The number of alkyl halides is 15. The summed E-state index contributed by atoms with van der Waals surface area (Å²) in [7, 11) is 0. The summed E-state index contributed by atoms with van der Waals surface area (Å²) in [6, 6.07) is -4.40. The molecule has 276 valence electrons. The molecule has 0 unspecified atom stereocenters. The second kappa shape index (κ2) is 11.6. The van der Waals surface area contributed by atoms with Gasteiger partial charge in [-0.05, 0) is 0 Å². The average Bonchev–Trinajstić information content (AvgIpc) is 3.49. The lowest BCUT2D eigenvalue weighted by Crippen LogP contribution is -2.72. The second-order valence-electron chi connectivity index (χ2n) is 9.29. The highest BCUT2D eigenvalue weighted by molar-refractivity contribution is 6.30. The fourth-order valence-corrected chi connectivity index (χ4v) is 3.71. The Morgan fingerprint density at radius 3 is 1.18 bits per heavy atom. The standard InChI is InChI=1S/C23H4F20N2O5/c24-9-10(25)13(45-7(48)3-4-8(45)49)14(11(26)12(9)44-5(46)1-2-6(44)47)50-16(28)15(27)17(29,30)18(31,32)19(33,34)20(35,36)21(37,38)22(39,40)23(41,42)43/h1-4H. The minimum Gasteiger partial charge on any atom is -0.424 e. The van der Waals surface area contributed by atoms with Gasteiger partial charge in [0.2, 0.25) is 5.83 Å². The molecule has 0 saturated heterocycles. The molecule has 0 aliphatic carbocycles. The van der Waals surface area contributed by atoms with Gasteiger partial charge in [-0.3, -0.25) is 19.2 Å². The predicted octanol–water partition coefficient (Wildman–Crippen LogP) is 6.82. The van der Waals surface area contributed by atoms with Gasteiger partial charge in [0.25, 0.3) is 23.6 Å². The van der Waals surface area contributed by atoms with Crippen LogP contribution >= 0.6 is 0 Å². The molecule has 0 radical (unpaired) electrons. The summed E-state index contributed by atoms with van der Waals surface area (Å²) in [6.07, 6.45) is -7.42. The molecular weight excluding hydrogens is 764 g/mol. The summed E-state index contributed by atoms with van der Waals surface area (Å²) in [6.45, 7) is 0. The van der Waals surface area contributed by atoms with Gasteiger partial charge < -0.3 is 4.74 Å². The van der Waals surface area contributed by atoms with Crippen molar-refractivity contribution in [2.75, 3.05) is 9.80 Å². The number of allylic oxidation sites excluding steroid dienone is 1. The van der Waals surface area contributed by atoms with E-state index in [2.05, 4.69) is 4.74 Å². The van der Waals surface area contributed by atoms with E-state index in [9.17, 15) is 98.2 Å². The molecule has 0 spiro atoms. The van der Waals surface area contributed by atoms with E-state index in [1.165, 1.54) is 0 Å². The molecule has 0 bridgehead atoms. The summed E-state index contributed by atoms with van der Waals surface area (Å²) in [5.74, 6) is -76.3. The van der Waals surface area contributed by atoms with Crippen LogP contribution in [0.25, 0.3) is 0 Å².